The molecule has 0 unspecified atom stereocenters. The van der Waals surface area contributed by atoms with Gasteiger partial charge in [0, 0.05) is 11.8 Å². The van der Waals surface area contributed by atoms with Gasteiger partial charge in [0.25, 0.3) is 5.91 Å². The number of ether oxygens (including phenoxy) is 2. The SMILES string of the molecule is COc1cc(-c2cnc3cc(C(=O)O)ccn23)cc(OC)c1C(=O)NCC(F)(F)F. The fourth-order valence-corrected chi connectivity index (χ4v) is 2.88. The van der Waals surface area contributed by atoms with Gasteiger partial charge >= 0.3 is 12.1 Å². The predicted molar refractivity (Wildman–Crippen MR) is 99.1 cm³/mol. The highest BCUT2D eigenvalue weighted by molar-refractivity contribution is 6.00. The first-order valence-electron chi connectivity index (χ1n) is 8.46. The van der Waals surface area contributed by atoms with Gasteiger partial charge in [0.1, 0.15) is 29.3 Å². The van der Waals surface area contributed by atoms with E-state index in [2.05, 4.69) is 4.98 Å². The molecule has 30 heavy (non-hydrogen) atoms. The summed E-state index contributed by atoms with van der Waals surface area (Å²) in [7, 11) is 2.54. The van der Waals surface area contributed by atoms with Crippen molar-refractivity contribution in [2.24, 2.45) is 0 Å². The average Bonchev–Trinajstić information content (AvgIpc) is 3.13. The molecule has 0 bridgehead atoms. The Bertz CT molecular complexity index is 1100. The van der Waals surface area contributed by atoms with Crippen LogP contribution in [0.1, 0.15) is 20.7 Å². The number of aromatic nitrogens is 2. The maximum Gasteiger partial charge on any atom is 0.405 e. The van der Waals surface area contributed by atoms with Gasteiger partial charge in [-0.2, -0.15) is 13.2 Å². The zero-order chi connectivity index (χ0) is 22.1. The summed E-state index contributed by atoms with van der Waals surface area (Å²) in [6, 6.07) is 5.70. The number of imidazole rings is 1. The van der Waals surface area contributed by atoms with Crippen molar-refractivity contribution in [2.45, 2.75) is 6.18 Å². The molecule has 2 N–H and O–H groups in total. The van der Waals surface area contributed by atoms with Crippen molar-refractivity contribution in [3.63, 3.8) is 0 Å². The van der Waals surface area contributed by atoms with Gasteiger partial charge in [0.05, 0.1) is 31.7 Å². The van der Waals surface area contributed by atoms with E-state index in [-0.39, 0.29) is 22.6 Å². The van der Waals surface area contributed by atoms with Crippen molar-refractivity contribution in [2.75, 3.05) is 20.8 Å². The Balaban J connectivity index is 2.06. The van der Waals surface area contributed by atoms with E-state index in [0.717, 1.165) is 0 Å². The number of hydrogen-bond donors (Lipinski definition) is 2. The molecule has 8 nitrogen and oxygen atoms in total. The number of amides is 1. The molecule has 3 aromatic rings. The molecule has 0 fully saturated rings. The number of fused-ring (bicyclic) bond motifs is 1. The Labute approximate surface area is 167 Å². The van der Waals surface area contributed by atoms with E-state index in [1.54, 1.807) is 9.72 Å². The minimum atomic E-state index is -4.57. The summed E-state index contributed by atoms with van der Waals surface area (Å²) in [6.07, 6.45) is -1.57. The van der Waals surface area contributed by atoms with E-state index < -0.39 is 24.6 Å². The van der Waals surface area contributed by atoms with Gasteiger partial charge in [-0.05, 0) is 24.3 Å². The summed E-state index contributed by atoms with van der Waals surface area (Å²) in [5.74, 6) is -2.10. The van der Waals surface area contributed by atoms with Crippen molar-refractivity contribution in [1.82, 2.24) is 14.7 Å². The van der Waals surface area contributed by atoms with Gasteiger partial charge in [0.15, 0.2) is 0 Å². The van der Waals surface area contributed by atoms with Crippen LogP contribution in [0.3, 0.4) is 0 Å². The molecule has 1 amide bonds. The second-order valence-electron chi connectivity index (χ2n) is 6.15. The largest absolute Gasteiger partial charge is 0.496 e. The zero-order valence-corrected chi connectivity index (χ0v) is 15.8. The third-order valence-electron chi connectivity index (χ3n) is 4.24. The predicted octanol–water partition coefficient (Wildman–Crippen LogP) is 3.01. The molecule has 0 saturated carbocycles. The molecule has 0 spiro atoms. The van der Waals surface area contributed by atoms with Crippen LogP contribution in [0.2, 0.25) is 0 Å². The molecule has 0 aliphatic rings. The van der Waals surface area contributed by atoms with Crippen LogP contribution in [0.4, 0.5) is 13.2 Å². The molecule has 1 aromatic carbocycles. The fraction of sp³-hybridized carbons (Fsp3) is 0.211. The lowest BCUT2D eigenvalue weighted by Crippen LogP contribution is -2.34. The summed E-state index contributed by atoms with van der Waals surface area (Å²) in [5, 5.41) is 10.9. The Hall–Kier alpha value is -3.76. The molecule has 0 saturated heterocycles. The van der Waals surface area contributed by atoms with Crippen LogP contribution in [0, 0.1) is 0 Å². The number of benzene rings is 1. The smallest absolute Gasteiger partial charge is 0.405 e. The lowest BCUT2D eigenvalue weighted by atomic mass is 10.1. The van der Waals surface area contributed by atoms with Gasteiger partial charge in [-0.1, -0.05) is 0 Å². The Kier molecular flexibility index (Phi) is 5.54. The van der Waals surface area contributed by atoms with Crippen molar-refractivity contribution in [3.8, 4) is 22.8 Å². The van der Waals surface area contributed by atoms with Crippen LogP contribution in [0.15, 0.2) is 36.7 Å². The quantitative estimate of drug-likeness (QED) is 0.632. The van der Waals surface area contributed by atoms with Crippen LogP contribution < -0.4 is 14.8 Å². The maximum atomic E-state index is 12.4. The van der Waals surface area contributed by atoms with E-state index in [1.807, 2.05) is 0 Å². The van der Waals surface area contributed by atoms with E-state index in [1.165, 1.54) is 50.9 Å². The highest BCUT2D eigenvalue weighted by Gasteiger charge is 2.30. The molecule has 2 aromatic heterocycles. The fourth-order valence-electron chi connectivity index (χ4n) is 2.88. The third kappa shape index (κ3) is 4.14. The molecule has 0 aliphatic carbocycles. The van der Waals surface area contributed by atoms with Gasteiger partial charge in [0.2, 0.25) is 0 Å². The van der Waals surface area contributed by atoms with Crippen molar-refractivity contribution < 1.29 is 37.3 Å². The summed E-state index contributed by atoms with van der Waals surface area (Å²) in [6.45, 7) is -1.50. The topological polar surface area (TPSA) is 102 Å². The normalized spacial score (nSPS) is 11.4. The van der Waals surface area contributed by atoms with Crippen LogP contribution in [-0.2, 0) is 0 Å². The minimum absolute atomic E-state index is 0.00105. The number of pyridine rings is 1. The van der Waals surface area contributed by atoms with Gasteiger partial charge < -0.3 is 19.9 Å². The number of alkyl halides is 3. The Morgan fingerprint density at radius 1 is 1.17 bits per heavy atom. The van der Waals surface area contributed by atoms with Gasteiger partial charge in [-0.3, -0.25) is 9.20 Å². The average molecular weight is 423 g/mol. The number of aromatic carboxylic acids is 1. The molecule has 11 heteroatoms. The second-order valence-corrected chi connectivity index (χ2v) is 6.15. The molecular formula is C19H16F3N3O5. The number of carbonyl (C=O) groups is 2. The molecule has 158 valence electrons. The number of halogens is 3. The first-order valence-corrected chi connectivity index (χ1v) is 8.46. The summed E-state index contributed by atoms with van der Waals surface area (Å²) >= 11 is 0. The molecule has 0 atom stereocenters. The summed E-state index contributed by atoms with van der Waals surface area (Å²) in [4.78, 5) is 27.6. The third-order valence-corrected chi connectivity index (χ3v) is 4.24. The van der Waals surface area contributed by atoms with E-state index in [0.29, 0.717) is 16.9 Å². The standard InChI is InChI=1S/C19H16F3N3O5/c1-29-13-5-11(6-14(30-2)16(13)17(26)24-9-19(20,21)22)12-8-23-15-7-10(18(27)28)3-4-25(12)15/h3-8H,9H2,1-2H3,(H,24,26)(H,27,28). The number of carbonyl (C=O) groups excluding carboxylic acids is 1. The zero-order valence-electron chi connectivity index (χ0n) is 15.8. The highest BCUT2D eigenvalue weighted by Crippen LogP contribution is 2.35. The summed E-state index contributed by atoms with van der Waals surface area (Å²) < 4.78 is 49.4. The van der Waals surface area contributed by atoms with Gasteiger partial charge in [-0.25, -0.2) is 9.78 Å². The Morgan fingerprint density at radius 2 is 1.80 bits per heavy atom. The van der Waals surface area contributed by atoms with Crippen molar-refractivity contribution in [1.29, 1.82) is 0 Å². The van der Waals surface area contributed by atoms with Crippen LogP contribution in [0.5, 0.6) is 11.5 Å². The molecular weight excluding hydrogens is 407 g/mol. The first kappa shape index (κ1) is 21.0. The van der Waals surface area contributed by atoms with E-state index in [9.17, 15) is 22.8 Å². The highest BCUT2D eigenvalue weighted by atomic mass is 19.4. The number of carboxylic acid groups (broad SMARTS) is 1. The first-order chi connectivity index (χ1) is 14.1. The summed E-state index contributed by atoms with van der Waals surface area (Å²) in [5.41, 5.74) is 1.27. The Morgan fingerprint density at radius 3 is 2.33 bits per heavy atom. The number of carboxylic acids is 1. The van der Waals surface area contributed by atoms with Gasteiger partial charge in [-0.15, -0.1) is 0 Å². The van der Waals surface area contributed by atoms with Crippen LogP contribution in [0.25, 0.3) is 16.9 Å². The number of nitrogens with zero attached hydrogens (tertiary/aromatic N) is 2. The monoisotopic (exact) mass is 423 g/mol. The van der Waals surface area contributed by atoms with Crippen molar-refractivity contribution >= 4 is 17.5 Å². The maximum absolute atomic E-state index is 12.4. The number of nitrogens with one attached hydrogen (secondary N) is 1. The van der Waals surface area contributed by atoms with E-state index >= 15 is 0 Å². The lowest BCUT2D eigenvalue weighted by molar-refractivity contribution is -0.123. The van der Waals surface area contributed by atoms with E-state index in [4.69, 9.17) is 14.6 Å². The second kappa shape index (κ2) is 7.93. The lowest BCUT2D eigenvalue weighted by Gasteiger charge is -2.16. The molecule has 2 heterocycles. The number of rotatable bonds is 6. The van der Waals surface area contributed by atoms with Crippen LogP contribution in [-0.4, -0.2) is 53.3 Å². The number of methoxy groups -OCH3 is 2. The van der Waals surface area contributed by atoms with Crippen molar-refractivity contribution in [3.05, 3.63) is 47.8 Å². The van der Waals surface area contributed by atoms with Crippen LogP contribution >= 0.6 is 0 Å². The molecule has 0 radical (unpaired) electrons. The molecule has 0 aliphatic heterocycles. The number of hydrogen-bond acceptors (Lipinski definition) is 5. The molecule has 3 rings (SSSR count). The minimum Gasteiger partial charge on any atom is -0.496 e.